The highest BCUT2D eigenvalue weighted by molar-refractivity contribution is 5.77. The number of amides is 3. The molecule has 0 atom stereocenters. The fourth-order valence-electron chi connectivity index (χ4n) is 2.00. The maximum absolute atomic E-state index is 12.0. The van der Waals surface area contributed by atoms with Gasteiger partial charge < -0.3 is 10.1 Å². The third-order valence-corrected chi connectivity index (χ3v) is 3.24. The molecule has 0 aliphatic rings. The van der Waals surface area contributed by atoms with Gasteiger partial charge in [-0.1, -0.05) is 45.0 Å². The van der Waals surface area contributed by atoms with Crippen molar-refractivity contribution in [2.24, 2.45) is 0 Å². The molecule has 2 N–H and O–H groups in total. The fourth-order valence-corrected chi connectivity index (χ4v) is 2.00. The van der Waals surface area contributed by atoms with Gasteiger partial charge in [0.2, 0.25) is 0 Å². The number of hydrazine groups is 1. The van der Waals surface area contributed by atoms with Crippen molar-refractivity contribution in [3.8, 4) is 0 Å². The Morgan fingerprint density at radius 2 is 1.58 bits per heavy atom. The predicted molar refractivity (Wildman–Crippen MR) is 94.5 cm³/mol. The highest BCUT2D eigenvalue weighted by atomic mass is 16.6. The number of carbonyl (C=O) groups is 2. The monoisotopic (exact) mass is 335 g/mol. The summed E-state index contributed by atoms with van der Waals surface area (Å²) in [6.07, 6.45) is -0.669. The number of nitrogens with one attached hydrogen (secondary N) is 2. The summed E-state index contributed by atoms with van der Waals surface area (Å²) >= 11 is 0. The first-order valence-electron chi connectivity index (χ1n) is 8.00. The minimum Gasteiger partial charge on any atom is -0.443 e. The van der Waals surface area contributed by atoms with Crippen LogP contribution in [-0.4, -0.2) is 29.8 Å². The summed E-state index contributed by atoms with van der Waals surface area (Å²) in [4.78, 5) is 23.9. The molecule has 0 aliphatic heterocycles. The van der Waals surface area contributed by atoms with Crippen molar-refractivity contribution in [1.29, 1.82) is 0 Å². The average molecular weight is 335 g/mol. The van der Waals surface area contributed by atoms with Gasteiger partial charge in [0.1, 0.15) is 5.60 Å². The number of hydrogen-bond acceptors (Lipinski definition) is 3. The molecule has 1 aromatic rings. The molecule has 24 heavy (non-hydrogen) atoms. The van der Waals surface area contributed by atoms with Gasteiger partial charge in [0.25, 0.3) is 0 Å². The first-order valence-corrected chi connectivity index (χ1v) is 8.00. The van der Waals surface area contributed by atoms with E-state index in [4.69, 9.17) is 4.74 Å². The third-order valence-electron chi connectivity index (χ3n) is 3.24. The highest BCUT2D eigenvalue weighted by Gasteiger charge is 2.21. The Balaban J connectivity index is 2.83. The summed E-state index contributed by atoms with van der Waals surface area (Å²) in [5.41, 5.74) is 4.02. The molecular formula is C18H29N3O3. The van der Waals surface area contributed by atoms with Crippen molar-refractivity contribution in [1.82, 2.24) is 15.8 Å². The maximum Gasteiger partial charge on any atom is 0.426 e. The summed E-state index contributed by atoms with van der Waals surface area (Å²) in [5.74, 6) is 0. The van der Waals surface area contributed by atoms with E-state index in [1.807, 2.05) is 24.3 Å². The van der Waals surface area contributed by atoms with E-state index in [0.29, 0.717) is 0 Å². The van der Waals surface area contributed by atoms with E-state index in [9.17, 15) is 9.59 Å². The Morgan fingerprint density at radius 3 is 2.00 bits per heavy atom. The second kappa shape index (κ2) is 7.55. The highest BCUT2D eigenvalue weighted by Crippen LogP contribution is 2.22. The number of carbonyl (C=O) groups excluding carboxylic acids is 2. The Hall–Kier alpha value is -2.24. The smallest absolute Gasteiger partial charge is 0.426 e. The van der Waals surface area contributed by atoms with Crippen LogP contribution in [0.4, 0.5) is 9.59 Å². The lowest BCUT2D eigenvalue weighted by Gasteiger charge is -2.26. The minimum atomic E-state index is -0.669. The zero-order valence-electron chi connectivity index (χ0n) is 15.7. The predicted octanol–water partition coefficient (Wildman–Crippen LogP) is 3.57. The van der Waals surface area contributed by atoms with E-state index in [-0.39, 0.29) is 12.0 Å². The van der Waals surface area contributed by atoms with E-state index in [1.165, 1.54) is 17.6 Å². The Kier molecular flexibility index (Phi) is 6.23. The largest absolute Gasteiger partial charge is 0.443 e. The molecule has 1 aromatic carbocycles. The standard InChI is InChI=1S/C18H29N3O3/c1-17(2,3)14-10-8-13(9-11-14)12-21(15(22)19-7)20-16(23)24-18(4,5)6/h8-11H,12H2,1-7H3,(H,19,22)(H,20,23). The molecule has 6 heteroatoms. The molecule has 0 radical (unpaired) electrons. The first kappa shape index (κ1) is 19.8. The Labute approximate surface area is 144 Å². The van der Waals surface area contributed by atoms with Gasteiger partial charge in [0.05, 0.1) is 6.54 Å². The van der Waals surface area contributed by atoms with Crippen molar-refractivity contribution in [3.05, 3.63) is 35.4 Å². The molecule has 0 spiro atoms. The van der Waals surface area contributed by atoms with Crippen LogP contribution in [0, 0.1) is 0 Å². The quantitative estimate of drug-likeness (QED) is 0.812. The summed E-state index contributed by atoms with van der Waals surface area (Å²) in [6, 6.07) is 7.55. The summed E-state index contributed by atoms with van der Waals surface area (Å²) in [5, 5.41) is 3.70. The van der Waals surface area contributed by atoms with Gasteiger partial charge >= 0.3 is 12.1 Å². The average Bonchev–Trinajstić information content (AvgIpc) is 2.43. The normalized spacial score (nSPS) is 11.6. The molecule has 0 heterocycles. The zero-order valence-corrected chi connectivity index (χ0v) is 15.7. The van der Waals surface area contributed by atoms with Crippen LogP contribution >= 0.6 is 0 Å². The van der Waals surface area contributed by atoms with Crippen LogP contribution in [0.15, 0.2) is 24.3 Å². The van der Waals surface area contributed by atoms with Crippen molar-refractivity contribution in [2.75, 3.05) is 7.05 Å². The van der Waals surface area contributed by atoms with E-state index >= 15 is 0 Å². The van der Waals surface area contributed by atoms with Gasteiger partial charge in [-0.25, -0.2) is 20.0 Å². The molecule has 0 fully saturated rings. The van der Waals surface area contributed by atoms with Gasteiger partial charge in [-0.3, -0.25) is 0 Å². The van der Waals surface area contributed by atoms with Gasteiger partial charge in [0.15, 0.2) is 0 Å². The molecule has 0 saturated carbocycles. The third kappa shape index (κ3) is 6.48. The number of nitrogens with zero attached hydrogens (tertiary/aromatic N) is 1. The second-order valence-electron chi connectivity index (χ2n) is 7.70. The van der Waals surface area contributed by atoms with Crippen LogP contribution in [-0.2, 0) is 16.7 Å². The zero-order chi connectivity index (χ0) is 18.5. The molecule has 6 nitrogen and oxygen atoms in total. The van der Waals surface area contributed by atoms with E-state index < -0.39 is 17.7 Å². The molecule has 0 saturated heterocycles. The SMILES string of the molecule is CNC(=O)N(Cc1ccc(C(C)(C)C)cc1)NC(=O)OC(C)(C)C. The lowest BCUT2D eigenvalue weighted by atomic mass is 9.87. The van der Waals surface area contributed by atoms with Gasteiger partial charge in [-0.15, -0.1) is 0 Å². The molecular weight excluding hydrogens is 306 g/mol. The summed E-state index contributed by atoms with van der Waals surface area (Å²) < 4.78 is 5.19. The van der Waals surface area contributed by atoms with Gasteiger partial charge in [-0.05, 0) is 37.3 Å². The number of benzene rings is 1. The second-order valence-corrected chi connectivity index (χ2v) is 7.70. The number of rotatable bonds is 2. The van der Waals surface area contributed by atoms with Crippen molar-refractivity contribution in [3.63, 3.8) is 0 Å². The van der Waals surface area contributed by atoms with E-state index in [2.05, 4.69) is 31.5 Å². The van der Waals surface area contributed by atoms with Crippen LogP contribution in [0.5, 0.6) is 0 Å². The molecule has 0 unspecified atom stereocenters. The Bertz CT molecular complexity index is 569. The van der Waals surface area contributed by atoms with Crippen LogP contribution < -0.4 is 10.7 Å². The molecule has 134 valence electrons. The van der Waals surface area contributed by atoms with E-state index in [0.717, 1.165) is 5.56 Å². The summed E-state index contributed by atoms with van der Waals surface area (Å²) in [7, 11) is 1.51. The van der Waals surface area contributed by atoms with Crippen molar-refractivity contribution >= 4 is 12.1 Å². The maximum atomic E-state index is 12.0. The molecule has 3 amide bonds. The lowest BCUT2D eigenvalue weighted by Crippen LogP contribution is -2.50. The van der Waals surface area contributed by atoms with Crippen molar-refractivity contribution in [2.45, 2.75) is 59.1 Å². The van der Waals surface area contributed by atoms with Gasteiger partial charge in [-0.2, -0.15) is 0 Å². The molecule has 0 aromatic heterocycles. The topological polar surface area (TPSA) is 70.7 Å². The number of hydrogen-bond donors (Lipinski definition) is 2. The Morgan fingerprint density at radius 1 is 1.04 bits per heavy atom. The van der Waals surface area contributed by atoms with Gasteiger partial charge in [0, 0.05) is 7.05 Å². The van der Waals surface area contributed by atoms with Crippen LogP contribution in [0.2, 0.25) is 0 Å². The number of ether oxygens (including phenoxy) is 1. The minimum absolute atomic E-state index is 0.0633. The number of urea groups is 1. The van der Waals surface area contributed by atoms with Crippen LogP contribution in [0.1, 0.15) is 52.7 Å². The molecule has 0 aliphatic carbocycles. The first-order chi connectivity index (χ1) is 10.9. The van der Waals surface area contributed by atoms with Crippen LogP contribution in [0.25, 0.3) is 0 Å². The fraction of sp³-hybridized carbons (Fsp3) is 0.556. The lowest BCUT2D eigenvalue weighted by molar-refractivity contribution is 0.0370. The summed E-state index contributed by atoms with van der Waals surface area (Å²) in [6.45, 7) is 12.0. The molecule has 0 bridgehead atoms. The van der Waals surface area contributed by atoms with Crippen molar-refractivity contribution < 1.29 is 14.3 Å². The molecule has 1 rings (SSSR count). The van der Waals surface area contributed by atoms with Crippen LogP contribution in [0.3, 0.4) is 0 Å². The van der Waals surface area contributed by atoms with E-state index in [1.54, 1.807) is 20.8 Å².